The highest BCUT2D eigenvalue weighted by molar-refractivity contribution is 5.14. The number of β-amino-alcohol motifs (C(OH)–C–C–N with tert-alkyl or cyclic N) is 1. The highest BCUT2D eigenvalue weighted by atomic mass is 16.3. The minimum atomic E-state index is -0.525. The summed E-state index contributed by atoms with van der Waals surface area (Å²) in [6.45, 7) is 1.39. The van der Waals surface area contributed by atoms with E-state index < -0.39 is 5.60 Å². The summed E-state index contributed by atoms with van der Waals surface area (Å²) in [5.41, 5.74) is 0.574. The van der Waals surface area contributed by atoms with Crippen LogP contribution in [0.2, 0.25) is 0 Å². The standard InChI is InChI=1S/C9H12N2O/c12-9(6-11-7-9)4-8-2-1-3-10-5-8/h1-3,5,11-12H,4,6-7H2. The first-order valence-corrected chi connectivity index (χ1v) is 4.11. The second-order valence-corrected chi connectivity index (χ2v) is 3.37. The van der Waals surface area contributed by atoms with Gasteiger partial charge in [0, 0.05) is 31.9 Å². The van der Waals surface area contributed by atoms with E-state index in [4.69, 9.17) is 0 Å². The quantitative estimate of drug-likeness (QED) is 0.644. The topological polar surface area (TPSA) is 45.2 Å². The molecule has 2 N–H and O–H groups in total. The lowest BCUT2D eigenvalue weighted by Gasteiger charge is -2.37. The summed E-state index contributed by atoms with van der Waals surface area (Å²) in [7, 11) is 0. The number of nitrogens with zero attached hydrogens (tertiary/aromatic N) is 1. The fourth-order valence-corrected chi connectivity index (χ4v) is 1.42. The molecule has 3 heteroatoms. The van der Waals surface area contributed by atoms with Gasteiger partial charge in [-0.2, -0.15) is 0 Å². The molecule has 0 aliphatic carbocycles. The van der Waals surface area contributed by atoms with Gasteiger partial charge in [-0.05, 0) is 11.6 Å². The molecule has 3 nitrogen and oxygen atoms in total. The van der Waals surface area contributed by atoms with E-state index in [2.05, 4.69) is 10.3 Å². The number of nitrogens with one attached hydrogen (secondary N) is 1. The Morgan fingerprint density at radius 3 is 2.92 bits per heavy atom. The van der Waals surface area contributed by atoms with E-state index in [-0.39, 0.29) is 0 Å². The molecule has 0 bridgehead atoms. The van der Waals surface area contributed by atoms with Gasteiger partial charge < -0.3 is 10.4 Å². The molecule has 2 heterocycles. The molecule has 1 saturated heterocycles. The van der Waals surface area contributed by atoms with E-state index in [1.165, 1.54) is 0 Å². The average Bonchev–Trinajstić information content (AvgIpc) is 2.04. The first kappa shape index (κ1) is 7.71. The lowest BCUT2D eigenvalue weighted by molar-refractivity contribution is -0.00908. The second-order valence-electron chi connectivity index (χ2n) is 3.37. The number of aliphatic hydroxyl groups is 1. The molecule has 0 spiro atoms. The Bertz CT molecular complexity index is 256. The van der Waals surface area contributed by atoms with Gasteiger partial charge in [-0.3, -0.25) is 4.98 Å². The van der Waals surface area contributed by atoms with Gasteiger partial charge in [0.2, 0.25) is 0 Å². The largest absolute Gasteiger partial charge is 0.387 e. The monoisotopic (exact) mass is 164 g/mol. The van der Waals surface area contributed by atoms with Crippen LogP contribution >= 0.6 is 0 Å². The number of hydrogen-bond donors (Lipinski definition) is 2. The van der Waals surface area contributed by atoms with Crippen LogP contribution < -0.4 is 5.32 Å². The van der Waals surface area contributed by atoms with E-state index in [1.807, 2.05) is 12.1 Å². The third-order valence-corrected chi connectivity index (χ3v) is 2.16. The summed E-state index contributed by atoms with van der Waals surface area (Å²) in [6, 6.07) is 3.88. The number of rotatable bonds is 2. The van der Waals surface area contributed by atoms with Crippen molar-refractivity contribution < 1.29 is 5.11 Å². The van der Waals surface area contributed by atoms with Crippen molar-refractivity contribution in [2.45, 2.75) is 12.0 Å². The van der Waals surface area contributed by atoms with E-state index in [0.29, 0.717) is 19.5 Å². The van der Waals surface area contributed by atoms with E-state index in [0.717, 1.165) is 5.56 Å². The maximum atomic E-state index is 9.77. The second kappa shape index (κ2) is 2.84. The Morgan fingerprint density at radius 2 is 2.42 bits per heavy atom. The van der Waals surface area contributed by atoms with Gasteiger partial charge in [-0.15, -0.1) is 0 Å². The molecular weight excluding hydrogens is 152 g/mol. The fourth-order valence-electron chi connectivity index (χ4n) is 1.42. The van der Waals surface area contributed by atoms with Crippen LogP contribution in [0.5, 0.6) is 0 Å². The fraction of sp³-hybridized carbons (Fsp3) is 0.444. The van der Waals surface area contributed by atoms with Crippen LogP contribution in [0, 0.1) is 0 Å². The summed E-state index contributed by atoms with van der Waals surface area (Å²) in [6.07, 6.45) is 4.25. The van der Waals surface area contributed by atoms with Crippen molar-refractivity contribution in [3.8, 4) is 0 Å². The van der Waals surface area contributed by atoms with Crippen molar-refractivity contribution in [3.63, 3.8) is 0 Å². The van der Waals surface area contributed by atoms with Crippen molar-refractivity contribution in [1.82, 2.24) is 10.3 Å². The van der Waals surface area contributed by atoms with Crippen molar-refractivity contribution in [2.75, 3.05) is 13.1 Å². The normalized spacial score (nSPS) is 20.1. The van der Waals surface area contributed by atoms with Gasteiger partial charge in [0.05, 0.1) is 5.60 Å². The number of pyridine rings is 1. The molecule has 2 rings (SSSR count). The van der Waals surface area contributed by atoms with Crippen LogP contribution in [0.25, 0.3) is 0 Å². The average molecular weight is 164 g/mol. The molecule has 0 radical (unpaired) electrons. The summed E-state index contributed by atoms with van der Waals surface area (Å²) < 4.78 is 0. The Hall–Kier alpha value is -0.930. The van der Waals surface area contributed by atoms with Crippen LogP contribution in [0.3, 0.4) is 0 Å². The minimum Gasteiger partial charge on any atom is -0.387 e. The first-order valence-electron chi connectivity index (χ1n) is 4.11. The Labute approximate surface area is 71.4 Å². The number of hydrogen-bond acceptors (Lipinski definition) is 3. The molecule has 0 amide bonds. The molecule has 1 aliphatic rings. The molecule has 64 valence electrons. The Morgan fingerprint density at radius 1 is 1.58 bits per heavy atom. The molecule has 0 saturated carbocycles. The lowest BCUT2D eigenvalue weighted by atomic mass is 9.90. The van der Waals surface area contributed by atoms with Crippen LogP contribution in [0.15, 0.2) is 24.5 Å². The van der Waals surface area contributed by atoms with Crippen molar-refractivity contribution in [3.05, 3.63) is 30.1 Å². The highest BCUT2D eigenvalue weighted by Crippen LogP contribution is 2.16. The molecule has 0 aromatic carbocycles. The van der Waals surface area contributed by atoms with Crippen molar-refractivity contribution in [1.29, 1.82) is 0 Å². The predicted octanol–water partition coefficient (Wildman–Crippen LogP) is -0.0416. The third-order valence-electron chi connectivity index (χ3n) is 2.16. The van der Waals surface area contributed by atoms with Crippen LogP contribution in [0.4, 0.5) is 0 Å². The first-order chi connectivity index (χ1) is 5.79. The van der Waals surface area contributed by atoms with E-state index in [1.54, 1.807) is 12.4 Å². The van der Waals surface area contributed by atoms with Gasteiger partial charge in [0.1, 0.15) is 0 Å². The number of aromatic nitrogens is 1. The highest BCUT2D eigenvalue weighted by Gasteiger charge is 2.33. The van der Waals surface area contributed by atoms with Crippen LogP contribution in [-0.2, 0) is 6.42 Å². The summed E-state index contributed by atoms with van der Waals surface area (Å²) in [5, 5.41) is 12.8. The minimum absolute atomic E-state index is 0.525. The maximum Gasteiger partial charge on any atom is 0.0935 e. The summed E-state index contributed by atoms with van der Waals surface area (Å²) in [5.74, 6) is 0. The van der Waals surface area contributed by atoms with Crippen LogP contribution in [-0.4, -0.2) is 28.8 Å². The zero-order chi connectivity index (χ0) is 8.44. The lowest BCUT2D eigenvalue weighted by Crippen LogP contribution is -2.60. The van der Waals surface area contributed by atoms with Gasteiger partial charge >= 0.3 is 0 Å². The Balaban J connectivity index is 2.04. The van der Waals surface area contributed by atoms with Crippen LogP contribution in [0.1, 0.15) is 5.56 Å². The molecule has 1 aromatic heterocycles. The SMILES string of the molecule is OC1(Cc2cccnc2)CNC1. The van der Waals surface area contributed by atoms with Gasteiger partial charge in [-0.25, -0.2) is 0 Å². The smallest absolute Gasteiger partial charge is 0.0935 e. The summed E-state index contributed by atoms with van der Waals surface area (Å²) >= 11 is 0. The predicted molar refractivity (Wildman–Crippen MR) is 45.8 cm³/mol. The van der Waals surface area contributed by atoms with Gasteiger partial charge in [0.25, 0.3) is 0 Å². The molecule has 1 fully saturated rings. The molecule has 1 aliphatic heterocycles. The molecular formula is C9H12N2O. The van der Waals surface area contributed by atoms with Crippen molar-refractivity contribution >= 4 is 0 Å². The van der Waals surface area contributed by atoms with Gasteiger partial charge in [0.15, 0.2) is 0 Å². The molecule has 12 heavy (non-hydrogen) atoms. The molecule has 0 unspecified atom stereocenters. The third kappa shape index (κ3) is 1.47. The maximum absolute atomic E-state index is 9.77. The Kier molecular flexibility index (Phi) is 1.83. The summed E-state index contributed by atoms with van der Waals surface area (Å²) in [4.78, 5) is 4.00. The molecule has 0 atom stereocenters. The molecule has 1 aromatic rings. The van der Waals surface area contributed by atoms with Crippen molar-refractivity contribution in [2.24, 2.45) is 0 Å². The zero-order valence-corrected chi connectivity index (χ0v) is 6.83. The van der Waals surface area contributed by atoms with Gasteiger partial charge in [-0.1, -0.05) is 6.07 Å². The van der Waals surface area contributed by atoms with E-state index in [9.17, 15) is 5.11 Å². The van der Waals surface area contributed by atoms with E-state index >= 15 is 0 Å². The zero-order valence-electron chi connectivity index (χ0n) is 6.83.